The summed E-state index contributed by atoms with van der Waals surface area (Å²) in [4.78, 5) is 7.80. The number of thiazole rings is 1. The first-order valence-electron chi connectivity index (χ1n) is 4.68. The molecular weight excluding hydrogens is 274 g/mol. The van der Waals surface area contributed by atoms with E-state index in [1.54, 1.807) is 11.3 Å². The quantitative estimate of drug-likeness (QED) is 0.903. The van der Waals surface area contributed by atoms with Gasteiger partial charge in [0, 0.05) is 36.5 Å². The lowest BCUT2D eigenvalue weighted by Gasteiger charge is -2.05. The maximum atomic E-state index is 4.48. The molecule has 15 heavy (non-hydrogen) atoms. The van der Waals surface area contributed by atoms with E-state index in [0.29, 0.717) is 0 Å². The second-order valence-electron chi connectivity index (χ2n) is 3.52. The second-order valence-corrected chi connectivity index (χ2v) is 5.70. The summed E-state index contributed by atoms with van der Waals surface area (Å²) in [5.74, 6) is 0. The fourth-order valence-corrected chi connectivity index (χ4v) is 2.23. The predicted octanol–water partition coefficient (Wildman–Crippen LogP) is 2.52. The van der Waals surface area contributed by atoms with E-state index in [0.717, 1.165) is 28.4 Å². The molecule has 1 heterocycles. The summed E-state index contributed by atoms with van der Waals surface area (Å²) in [6.45, 7) is 7.46. The van der Waals surface area contributed by atoms with Gasteiger partial charge in [-0.05, 0) is 6.92 Å². The molecule has 0 aromatic carbocycles. The van der Waals surface area contributed by atoms with Crippen LogP contribution in [-0.4, -0.2) is 25.6 Å². The molecule has 3 nitrogen and oxygen atoms in total. The average Bonchev–Trinajstić information content (AvgIpc) is 2.47. The first kappa shape index (κ1) is 12.7. The molecule has 0 aliphatic carbocycles. The van der Waals surface area contributed by atoms with Crippen LogP contribution in [0.5, 0.6) is 0 Å². The lowest BCUT2D eigenvalue weighted by molar-refractivity contribution is 0.761. The monoisotopic (exact) mass is 289 g/mol. The highest BCUT2D eigenvalue weighted by molar-refractivity contribution is 9.11. The molecule has 0 bridgehead atoms. The highest BCUT2D eigenvalue weighted by Gasteiger charge is 2.08. The number of hydrogen-bond donors (Lipinski definition) is 1. The molecule has 0 aliphatic rings. The van der Waals surface area contributed by atoms with E-state index < -0.39 is 0 Å². The second kappa shape index (κ2) is 5.63. The number of halogens is 1. The summed E-state index contributed by atoms with van der Waals surface area (Å²) >= 11 is 5.04. The molecule has 0 amide bonds. The zero-order valence-electron chi connectivity index (χ0n) is 9.30. The van der Waals surface area contributed by atoms with Crippen molar-refractivity contribution in [3.63, 3.8) is 0 Å². The third-order valence-electron chi connectivity index (χ3n) is 1.87. The molecule has 0 saturated carbocycles. The van der Waals surface area contributed by atoms with Crippen molar-refractivity contribution in [1.82, 2.24) is 10.3 Å². The minimum Gasteiger partial charge on any atom is -0.354 e. The molecule has 1 aromatic rings. The Morgan fingerprint density at radius 3 is 2.73 bits per heavy atom. The Morgan fingerprint density at radius 1 is 1.60 bits per heavy atom. The Morgan fingerprint density at radius 2 is 2.27 bits per heavy atom. The fourth-order valence-electron chi connectivity index (χ4n) is 1.08. The molecule has 1 N–H and O–H groups in total. The van der Waals surface area contributed by atoms with Gasteiger partial charge in [0.05, 0.1) is 5.69 Å². The van der Waals surface area contributed by atoms with Crippen LogP contribution in [0.2, 0.25) is 0 Å². The van der Waals surface area contributed by atoms with Gasteiger partial charge < -0.3 is 10.2 Å². The number of aromatic nitrogens is 1. The van der Waals surface area contributed by atoms with Gasteiger partial charge in [-0.25, -0.2) is 4.98 Å². The molecule has 5 heteroatoms. The molecule has 84 valence electrons. The third kappa shape index (κ3) is 3.93. The van der Waals surface area contributed by atoms with Gasteiger partial charge in [0.15, 0.2) is 5.13 Å². The van der Waals surface area contributed by atoms with E-state index >= 15 is 0 Å². The number of nitrogens with one attached hydrogen (secondary N) is 1. The summed E-state index contributed by atoms with van der Waals surface area (Å²) in [7, 11) is 4.02. The van der Waals surface area contributed by atoms with Gasteiger partial charge in [0.1, 0.15) is 0 Å². The van der Waals surface area contributed by atoms with Gasteiger partial charge in [0.2, 0.25) is 0 Å². The molecule has 0 spiro atoms. The van der Waals surface area contributed by atoms with Crippen molar-refractivity contribution in [3.05, 3.63) is 21.6 Å². The lowest BCUT2D eigenvalue weighted by atomic mass is 10.4. The van der Waals surface area contributed by atoms with Gasteiger partial charge in [-0.3, -0.25) is 0 Å². The Hall–Kier alpha value is -0.390. The maximum absolute atomic E-state index is 4.48. The van der Waals surface area contributed by atoms with Crippen molar-refractivity contribution in [3.8, 4) is 0 Å². The standard InChI is InChI=1S/C10H16BrN3S/c1-7(11)5-12-6-9-8(2)13-10(15-9)14(3)4/h12H,1,5-6H2,2-4H3. The van der Waals surface area contributed by atoms with Crippen molar-refractivity contribution in [2.75, 3.05) is 25.5 Å². The zero-order chi connectivity index (χ0) is 11.4. The van der Waals surface area contributed by atoms with Crippen molar-refractivity contribution in [2.45, 2.75) is 13.5 Å². The van der Waals surface area contributed by atoms with Crippen LogP contribution < -0.4 is 10.2 Å². The number of hydrogen-bond acceptors (Lipinski definition) is 4. The van der Waals surface area contributed by atoms with Crippen molar-refractivity contribution in [2.24, 2.45) is 0 Å². The van der Waals surface area contributed by atoms with Crippen molar-refractivity contribution >= 4 is 32.4 Å². The number of aryl methyl sites for hydroxylation is 1. The Bertz CT molecular complexity index is 346. The third-order valence-corrected chi connectivity index (χ3v) is 3.47. The molecule has 0 saturated heterocycles. The largest absolute Gasteiger partial charge is 0.354 e. The molecule has 0 radical (unpaired) electrons. The van der Waals surface area contributed by atoms with Gasteiger partial charge in [-0.1, -0.05) is 22.5 Å². The van der Waals surface area contributed by atoms with E-state index in [2.05, 4.69) is 32.8 Å². The topological polar surface area (TPSA) is 28.2 Å². The van der Waals surface area contributed by atoms with Crippen molar-refractivity contribution in [1.29, 1.82) is 0 Å². The smallest absolute Gasteiger partial charge is 0.185 e. The number of rotatable bonds is 5. The summed E-state index contributed by atoms with van der Waals surface area (Å²) in [5.41, 5.74) is 1.11. The number of nitrogens with zero attached hydrogens (tertiary/aromatic N) is 2. The van der Waals surface area contributed by atoms with Crippen molar-refractivity contribution < 1.29 is 0 Å². The Kier molecular flexibility index (Phi) is 4.76. The normalized spacial score (nSPS) is 10.4. The van der Waals surface area contributed by atoms with Gasteiger partial charge in [0.25, 0.3) is 0 Å². The van der Waals surface area contributed by atoms with Gasteiger partial charge in [-0.2, -0.15) is 0 Å². The zero-order valence-corrected chi connectivity index (χ0v) is 11.7. The van der Waals surface area contributed by atoms with E-state index in [1.165, 1.54) is 4.88 Å². The average molecular weight is 290 g/mol. The summed E-state index contributed by atoms with van der Waals surface area (Å²) < 4.78 is 0.970. The SMILES string of the molecule is C=C(Br)CNCc1sc(N(C)C)nc1C. The lowest BCUT2D eigenvalue weighted by Crippen LogP contribution is -2.14. The molecule has 0 unspecified atom stereocenters. The highest BCUT2D eigenvalue weighted by atomic mass is 79.9. The Labute approximate surface area is 103 Å². The summed E-state index contributed by atoms with van der Waals surface area (Å²) in [6.07, 6.45) is 0. The summed E-state index contributed by atoms with van der Waals surface area (Å²) in [6, 6.07) is 0. The molecule has 1 aromatic heterocycles. The molecule has 0 fully saturated rings. The minimum atomic E-state index is 0.786. The van der Waals surface area contributed by atoms with E-state index in [4.69, 9.17) is 0 Å². The van der Waals surface area contributed by atoms with Crippen LogP contribution in [0.4, 0.5) is 5.13 Å². The Balaban J connectivity index is 2.57. The molecule has 1 rings (SSSR count). The van der Waals surface area contributed by atoms with Gasteiger partial charge >= 0.3 is 0 Å². The molecule has 0 aliphatic heterocycles. The van der Waals surface area contributed by atoms with Crippen LogP contribution >= 0.6 is 27.3 Å². The van der Waals surface area contributed by atoms with Gasteiger partial charge in [-0.15, -0.1) is 11.3 Å². The van der Waals surface area contributed by atoms with Crippen LogP contribution in [0.1, 0.15) is 10.6 Å². The van der Waals surface area contributed by atoms with Crippen LogP contribution in [0.3, 0.4) is 0 Å². The van der Waals surface area contributed by atoms with E-state index in [-0.39, 0.29) is 0 Å². The fraction of sp³-hybridized carbons (Fsp3) is 0.500. The van der Waals surface area contributed by atoms with E-state index in [1.807, 2.05) is 25.9 Å². The molecule has 0 atom stereocenters. The molecular formula is C10H16BrN3S. The first-order chi connectivity index (χ1) is 7.00. The number of anilines is 1. The van der Waals surface area contributed by atoms with Crippen LogP contribution in [0.15, 0.2) is 11.1 Å². The maximum Gasteiger partial charge on any atom is 0.185 e. The van der Waals surface area contributed by atoms with E-state index in [9.17, 15) is 0 Å². The van der Waals surface area contributed by atoms with Crippen LogP contribution in [-0.2, 0) is 6.54 Å². The highest BCUT2D eigenvalue weighted by Crippen LogP contribution is 2.24. The predicted molar refractivity (Wildman–Crippen MR) is 71.0 cm³/mol. The minimum absolute atomic E-state index is 0.786. The van der Waals surface area contributed by atoms with Crippen LogP contribution in [0, 0.1) is 6.92 Å². The first-order valence-corrected chi connectivity index (χ1v) is 6.29. The van der Waals surface area contributed by atoms with Crippen LogP contribution in [0.25, 0.3) is 0 Å². The summed E-state index contributed by atoms with van der Waals surface area (Å²) in [5, 5.41) is 4.36.